The van der Waals surface area contributed by atoms with Gasteiger partial charge in [-0.15, -0.1) is 0 Å². The molecular formula is C30H43ClN6O8S2. The second kappa shape index (κ2) is 19.6. The van der Waals surface area contributed by atoms with Crippen molar-refractivity contribution in [3.05, 3.63) is 72.8 Å². The molecule has 0 spiro atoms. The molecular weight excluding hydrogens is 672 g/mol. The maximum Gasteiger partial charge on any atom is 0.263 e. The summed E-state index contributed by atoms with van der Waals surface area (Å²) >= 11 is 0. The van der Waals surface area contributed by atoms with E-state index in [2.05, 4.69) is 31.2 Å². The Morgan fingerprint density at radius 2 is 0.979 bits per heavy atom. The molecule has 0 radical (unpaired) electrons. The second-order valence-corrected chi connectivity index (χ2v) is 14.4. The Morgan fingerprint density at radius 1 is 0.596 bits per heavy atom. The molecule has 7 N–H and O–H groups in total. The van der Waals surface area contributed by atoms with Gasteiger partial charge in [-0.05, 0) is 37.1 Å². The zero-order valence-electron chi connectivity index (χ0n) is 26.8. The van der Waals surface area contributed by atoms with Gasteiger partial charge in [-0.1, -0.05) is 53.4 Å². The van der Waals surface area contributed by atoms with Crippen molar-refractivity contribution in [2.24, 2.45) is 17.7 Å². The van der Waals surface area contributed by atoms with Crippen LogP contribution in [-0.4, -0.2) is 71.5 Å². The van der Waals surface area contributed by atoms with Crippen molar-refractivity contribution in [2.75, 3.05) is 64.4 Å². The minimum atomic E-state index is -3.78. The number of fused-ring (bicyclic) bond motifs is 2. The van der Waals surface area contributed by atoms with E-state index in [1.807, 2.05) is 74.4 Å². The third-order valence-electron chi connectivity index (χ3n) is 6.44. The van der Waals surface area contributed by atoms with Gasteiger partial charge in [-0.25, -0.2) is 34.5 Å². The molecule has 0 aliphatic rings. The van der Waals surface area contributed by atoms with Crippen molar-refractivity contribution in [1.29, 1.82) is 0 Å². The molecule has 0 heterocycles. The van der Waals surface area contributed by atoms with E-state index < -0.39 is 19.1 Å². The van der Waals surface area contributed by atoms with Crippen molar-refractivity contribution in [1.82, 2.24) is 4.89 Å². The minimum absolute atomic E-state index is 0.153. The fraction of sp³-hybridized carbons (Fsp3) is 0.333. The van der Waals surface area contributed by atoms with E-state index in [0.717, 1.165) is 28.6 Å². The maximum absolute atomic E-state index is 12.5. The molecule has 0 aliphatic heterocycles. The summed E-state index contributed by atoms with van der Waals surface area (Å²) in [4.78, 5) is 24.1. The smallest absolute Gasteiger partial charge is 0.263 e. The van der Waals surface area contributed by atoms with Gasteiger partial charge in [0.05, 0.1) is 36.2 Å². The third-order valence-corrected chi connectivity index (χ3v) is 9.09. The molecule has 0 aromatic heterocycles. The van der Waals surface area contributed by atoms with Crippen molar-refractivity contribution < 1.29 is 36.2 Å². The first-order valence-electron chi connectivity index (χ1n) is 14.2. The van der Waals surface area contributed by atoms with Gasteiger partial charge >= 0.3 is 0 Å². The first-order chi connectivity index (χ1) is 22.3. The molecule has 0 fully saturated rings. The Labute approximate surface area is 280 Å². The lowest BCUT2D eigenvalue weighted by molar-refractivity contribution is 0.0601. The number of benzene rings is 4. The summed E-state index contributed by atoms with van der Waals surface area (Å²) in [5, 5.41) is 3.02. The van der Waals surface area contributed by atoms with E-state index in [1.165, 1.54) is 6.07 Å². The van der Waals surface area contributed by atoms with Crippen LogP contribution in [0.5, 0.6) is 0 Å². The molecule has 0 bridgehead atoms. The predicted molar refractivity (Wildman–Crippen MR) is 186 cm³/mol. The van der Waals surface area contributed by atoms with Gasteiger partial charge < -0.3 is 24.3 Å². The zero-order valence-corrected chi connectivity index (χ0v) is 29.1. The van der Waals surface area contributed by atoms with Gasteiger partial charge in [0.2, 0.25) is 0 Å². The van der Waals surface area contributed by atoms with Crippen LogP contribution in [0.4, 0.5) is 11.4 Å². The van der Waals surface area contributed by atoms with Crippen LogP contribution in [0.2, 0.25) is 0 Å². The number of hydrogen-bond donors (Lipinski definition) is 4. The Bertz CT molecular complexity index is 1770. The van der Waals surface area contributed by atoms with Crippen LogP contribution in [0.3, 0.4) is 0 Å². The van der Waals surface area contributed by atoms with Gasteiger partial charge in [0.25, 0.3) is 19.1 Å². The zero-order chi connectivity index (χ0) is 35.0. The van der Waals surface area contributed by atoms with Crippen molar-refractivity contribution in [2.45, 2.75) is 22.6 Å². The average Bonchev–Trinajstić information content (AvgIpc) is 3.03. The van der Waals surface area contributed by atoms with Crippen molar-refractivity contribution in [3.8, 4) is 0 Å². The molecule has 17 heteroatoms. The first-order valence-corrected chi connectivity index (χ1v) is 18.0. The summed E-state index contributed by atoms with van der Waals surface area (Å²) in [6.45, 7) is 1.46. The Hall–Kier alpha value is -3.13. The number of nitrogens with one attached hydrogen (secondary N) is 1. The van der Waals surface area contributed by atoms with Crippen LogP contribution in [-0.2, 0) is 38.4 Å². The highest BCUT2D eigenvalue weighted by Gasteiger charge is 2.19. The molecule has 4 rings (SSSR count). The number of nitrogens with two attached hydrogens (primary N) is 3. The molecule has 0 atom stereocenters. The lowest BCUT2D eigenvalue weighted by Crippen LogP contribution is -2.25. The summed E-state index contributed by atoms with van der Waals surface area (Å²) in [6, 6.07) is 21.3. The number of nitrogens with zero attached hydrogens (tertiary/aromatic N) is 2. The standard InChI is InChI=1S/C15H21N3O4S.C12H12ClNO2S.C3H10N2O2/c1-18(2)14-8-3-7-13-12(14)6-4-9-15(13)23(19,20)17-22-11-5-10-21-16;1-14(2)11-7-3-6-10-9(11)5-4-8-12(10)17(13,15)16;4-6-2-1-3-7-5/h3-4,6-9,17H,5,10-11,16H2,1-2H3;3-8H,1-2H3;1-5H2. The summed E-state index contributed by atoms with van der Waals surface area (Å²) in [6.07, 6.45) is 1.23. The highest BCUT2D eigenvalue weighted by molar-refractivity contribution is 8.14. The number of anilines is 2. The summed E-state index contributed by atoms with van der Waals surface area (Å²) in [5.41, 5.74) is 1.91. The lowest BCUT2D eigenvalue weighted by Gasteiger charge is -2.17. The third kappa shape index (κ3) is 12.1. The molecule has 260 valence electrons. The normalized spacial score (nSPS) is 11.4. The maximum atomic E-state index is 12.5. The van der Waals surface area contributed by atoms with Crippen LogP contribution in [0.25, 0.3) is 21.5 Å². The molecule has 4 aromatic rings. The monoisotopic (exact) mass is 714 g/mol. The molecule has 14 nitrogen and oxygen atoms in total. The predicted octanol–water partition coefficient (Wildman–Crippen LogP) is 3.39. The topological polar surface area (TPSA) is 202 Å². The van der Waals surface area contributed by atoms with Gasteiger partial charge in [-0.2, -0.15) is 0 Å². The summed E-state index contributed by atoms with van der Waals surface area (Å²) < 4.78 is 47.9. The number of rotatable bonds is 14. The quantitative estimate of drug-likeness (QED) is 0.0842. The minimum Gasteiger partial charge on any atom is -0.377 e. The van der Waals surface area contributed by atoms with E-state index in [0.29, 0.717) is 37.0 Å². The van der Waals surface area contributed by atoms with Gasteiger partial charge in [0.1, 0.15) is 0 Å². The van der Waals surface area contributed by atoms with Crippen LogP contribution in [0, 0.1) is 0 Å². The van der Waals surface area contributed by atoms with Crippen LogP contribution in [0.15, 0.2) is 82.6 Å². The molecule has 4 aromatic carbocycles. The number of hydrogen-bond acceptors (Lipinski definition) is 13. The largest absolute Gasteiger partial charge is 0.377 e. The highest BCUT2D eigenvalue weighted by Crippen LogP contribution is 2.32. The van der Waals surface area contributed by atoms with Gasteiger partial charge in [-0.3, -0.25) is 4.84 Å². The van der Waals surface area contributed by atoms with Crippen molar-refractivity contribution in [3.63, 3.8) is 0 Å². The Balaban J connectivity index is 0.000000280. The molecule has 0 amide bonds. The average molecular weight is 715 g/mol. The fourth-order valence-corrected chi connectivity index (χ4v) is 6.50. The second-order valence-electron chi connectivity index (χ2n) is 10.2. The number of sulfonamides is 1. The van der Waals surface area contributed by atoms with E-state index >= 15 is 0 Å². The van der Waals surface area contributed by atoms with E-state index in [1.54, 1.807) is 30.3 Å². The summed E-state index contributed by atoms with van der Waals surface area (Å²) in [7, 11) is 5.58. The SMILES string of the molecule is CN(C)c1cccc2c(S(=O)(=O)Cl)cccc12.CN(C)c1cccc2c(S(=O)(=O)NOCCCON)cccc12.NOCCCON. The summed E-state index contributed by atoms with van der Waals surface area (Å²) in [5.74, 6) is 14.2. The molecule has 0 saturated heterocycles. The Kier molecular flexibility index (Phi) is 16.7. The van der Waals surface area contributed by atoms with Crippen LogP contribution >= 0.6 is 10.7 Å². The molecule has 0 aliphatic carbocycles. The molecule has 0 saturated carbocycles. The van der Waals surface area contributed by atoms with E-state index in [-0.39, 0.29) is 16.4 Å². The van der Waals surface area contributed by atoms with Gasteiger partial charge in [0, 0.05) is 71.8 Å². The van der Waals surface area contributed by atoms with Crippen LogP contribution in [0.1, 0.15) is 12.8 Å². The molecule has 47 heavy (non-hydrogen) atoms. The van der Waals surface area contributed by atoms with Crippen LogP contribution < -0.4 is 32.4 Å². The van der Waals surface area contributed by atoms with E-state index in [9.17, 15) is 16.8 Å². The van der Waals surface area contributed by atoms with Gasteiger partial charge in [0.15, 0.2) is 0 Å². The van der Waals surface area contributed by atoms with E-state index in [4.69, 9.17) is 21.4 Å². The molecule has 0 unspecified atom stereocenters. The number of halogens is 1. The lowest BCUT2D eigenvalue weighted by atomic mass is 10.1. The first kappa shape index (κ1) is 40.0. The van der Waals surface area contributed by atoms with Crippen molar-refractivity contribution >= 4 is 62.7 Å². The Morgan fingerprint density at radius 3 is 1.40 bits per heavy atom. The fourth-order valence-electron chi connectivity index (χ4n) is 4.36. The highest BCUT2D eigenvalue weighted by atomic mass is 35.7.